The highest BCUT2D eigenvalue weighted by Gasteiger charge is 2.08. The zero-order chi connectivity index (χ0) is 18.9. The minimum absolute atomic E-state index is 0.201. The van der Waals surface area contributed by atoms with E-state index in [1.165, 1.54) is 0 Å². The van der Waals surface area contributed by atoms with Gasteiger partial charge in [-0.2, -0.15) is 0 Å². The second kappa shape index (κ2) is 9.31. The van der Waals surface area contributed by atoms with E-state index in [1.807, 2.05) is 43.3 Å². The number of rotatable bonds is 7. The Bertz CT molecular complexity index is 745. The molecule has 0 bridgehead atoms. The van der Waals surface area contributed by atoms with Gasteiger partial charge in [0.05, 0.1) is 18.5 Å². The maximum absolute atomic E-state index is 12.0. The van der Waals surface area contributed by atoms with Crippen molar-refractivity contribution < 1.29 is 14.3 Å². The van der Waals surface area contributed by atoms with Gasteiger partial charge in [-0.15, -0.1) is 0 Å². The molecule has 0 radical (unpaired) electrons. The van der Waals surface area contributed by atoms with Crippen LogP contribution in [0.1, 0.15) is 10.4 Å². The van der Waals surface area contributed by atoms with Gasteiger partial charge in [-0.1, -0.05) is 12.1 Å². The summed E-state index contributed by atoms with van der Waals surface area (Å²) in [5.74, 6) is 0.491. The van der Waals surface area contributed by atoms with Crippen LogP contribution in [0.2, 0.25) is 0 Å². The van der Waals surface area contributed by atoms with Gasteiger partial charge in [0.1, 0.15) is 5.75 Å². The van der Waals surface area contributed by atoms with Crippen LogP contribution in [0.25, 0.3) is 0 Å². The Morgan fingerprint density at radius 3 is 2.27 bits per heavy atom. The predicted octanol–water partition coefficient (Wildman–Crippen LogP) is 2.31. The molecule has 0 aliphatic heterocycles. The molecule has 0 spiro atoms. The van der Waals surface area contributed by atoms with Gasteiger partial charge in [0.2, 0.25) is 0 Å². The Kier molecular flexibility index (Phi) is 6.84. The summed E-state index contributed by atoms with van der Waals surface area (Å²) in [6.07, 6.45) is 0. The number of hydrogen-bond acceptors (Lipinski definition) is 4. The molecule has 0 heterocycles. The Morgan fingerprint density at radius 1 is 0.962 bits per heavy atom. The minimum atomic E-state index is -0.321. The fourth-order valence-corrected chi connectivity index (χ4v) is 2.33. The number of anilines is 2. The molecular weight excluding hydrogens is 332 g/mol. The van der Waals surface area contributed by atoms with Crippen LogP contribution in [0.15, 0.2) is 48.5 Å². The number of methoxy groups -OCH3 is 1. The number of carbonyl (C=O) groups excluding carboxylic acids is 2. The molecule has 0 fully saturated rings. The number of ether oxygens (including phenoxy) is 1. The summed E-state index contributed by atoms with van der Waals surface area (Å²) in [7, 11) is 5.39. The summed E-state index contributed by atoms with van der Waals surface area (Å²) in [5.41, 5.74) is 2.17. The molecule has 2 aromatic rings. The largest absolute Gasteiger partial charge is 0.497 e. The van der Waals surface area contributed by atoms with Crippen LogP contribution in [0.4, 0.5) is 16.2 Å². The first-order valence-corrected chi connectivity index (χ1v) is 8.24. The smallest absolute Gasteiger partial charge is 0.319 e. The number of urea groups is 1. The van der Waals surface area contributed by atoms with Gasteiger partial charge in [0.25, 0.3) is 5.91 Å². The normalized spacial score (nSPS) is 9.96. The fraction of sp³-hybridized carbons (Fsp3) is 0.263. The molecule has 0 aliphatic carbocycles. The zero-order valence-electron chi connectivity index (χ0n) is 15.2. The van der Waals surface area contributed by atoms with Gasteiger partial charge in [-0.3, -0.25) is 4.79 Å². The van der Waals surface area contributed by atoms with Gasteiger partial charge in [-0.25, -0.2) is 4.79 Å². The lowest BCUT2D eigenvalue weighted by Gasteiger charge is -2.18. The molecule has 0 saturated carbocycles. The number of hydrogen-bond donors (Lipinski definition) is 3. The maximum atomic E-state index is 12.0. The van der Waals surface area contributed by atoms with Gasteiger partial charge < -0.3 is 25.6 Å². The van der Waals surface area contributed by atoms with E-state index >= 15 is 0 Å². The van der Waals surface area contributed by atoms with Crippen molar-refractivity contribution in [1.29, 1.82) is 0 Å². The molecule has 0 unspecified atom stereocenters. The van der Waals surface area contributed by atoms with Crippen LogP contribution in [0, 0.1) is 0 Å². The van der Waals surface area contributed by atoms with Crippen molar-refractivity contribution in [3.05, 3.63) is 54.1 Å². The highest BCUT2D eigenvalue weighted by Crippen LogP contribution is 2.23. The van der Waals surface area contributed by atoms with E-state index < -0.39 is 0 Å². The molecular formula is C19H24N4O3. The molecule has 26 heavy (non-hydrogen) atoms. The molecule has 7 nitrogen and oxygen atoms in total. The van der Waals surface area contributed by atoms with Gasteiger partial charge >= 0.3 is 6.03 Å². The third kappa shape index (κ3) is 5.41. The topological polar surface area (TPSA) is 82.7 Å². The highest BCUT2D eigenvalue weighted by molar-refractivity contribution is 5.94. The summed E-state index contributed by atoms with van der Waals surface area (Å²) < 4.78 is 5.06. The number of nitrogens with zero attached hydrogens (tertiary/aromatic N) is 1. The number of para-hydroxylation sites is 2. The number of carbonyl (C=O) groups is 2. The maximum Gasteiger partial charge on any atom is 0.319 e. The van der Waals surface area contributed by atoms with Crippen molar-refractivity contribution in [1.82, 2.24) is 10.6 Å². The van der Waals surface area contributed by atoms with Crippen LogP contribution >= 0.6 is 0 Å². The van der Waals surface area contributed by atoms with E-state index in [9.17, 15) is 9.59 Å². The molecule has 2 aromatic carbocycles. The molecule has 7 heteroatoms. The summed E-state index contributed by atoms with van der Waals surface area (Å²) in [5, 5.41) is 8.28. The van der Waals surface area contributed by atoms with Crippen molar-refractivity contribution in [2.45, 2.75) is 0 Å². The van der Waals surface area contributed by atoms with Crippen molar-refractivity contribution in [3.63, 3.8) is 0 Å². The third-order valence-corrected chi connectivity index (χ3v) is 3.68. The standard InChI is InChI=1S/C19H24N4O3/c1-23(2)17-7-5-4-6-16(17)22-19(25)21-13-12-20-18(24)14-8-10-15(26-3)11-9-14/h4-11H,12-13H2,1-3H3,(H,20,24)(H2,21,22,25). The highest BCUT2D eigenvalue weighted by atomic mass is 16.5. The van der Waals surface area contributed by atoms with Gasteiger partial charge in [0.15, 0.2) is 0 Å². The van der Waals surface area contributed by atoms with E-state index in [0.29, 0.717) is 24.4 Å². The van der Waals surface area contributed by atoms with Crippen molar-refractivity contribution >= 4 is 23.3 Å². The lowest BCUT2D eigenvalue weighted by molar-refractivity contribution is 0.0954. The van der Waals surface area contributed by atoms with E-state index in [1.54, 1.807) is 31.4 Å². The van der Waals surface area contributed by atoms with Crippen LogP contribution in [0.3, 0.4) is 0 Å². The van der Waals surface area contributed by atoms with E-state index in [2.05, 4.69) is 16.0 Å². The van der Waals surface area contributed by atoms with Crippen LogP contribution < -0.4 is 25.6 Å². The first kappa shape index (κ1) is 19.1. The Morgan fingerprint density at radius 2 is 1.62 bits per heavy atom. The monoisotopic (exact) mass is 356 g/mol. The Labute approximate surface area is 153 Å². The van der Waals surface area contributed by atoms with Crippen LogP contribution in [-0.4, -0.2) is 46.2 Å². The Balaban J connectivity index is 1.75. The lowest BCUT2D eigenvalue weighted by atomic mass is 10.2. The quantitative estimate of drug-likeness (QED) is 0.665. The minimum Gasteiger partial charge on any atom is -0.497 e. The van der Waals surface area contributed by atoms with Crippen molar-refractivity contribution in [3.8, 4) is 5.75 Å². The van der Waals surface area contributed by atoms with E-state index in [0.717, 1.165) is 11.4 Å². The third-order valence-electron chi connectivity index (χ3n) is 3.68. The van der Waals surface area contributed by atoms with E-state index in [-0.39, 0.29) is 11.9 Å². The zero-order valence-corrected chi connectivity index (χ0v) is 15.2. The summed E-state index contributed by atoms with van der Waals surface area (Å²) in [6.45, 7) is 0.644. The molecule has 0 aliphatic rings. The first-order chi connectivity index (χ1) is 12.5. The molecule has 138 valence electrons. The second-order valence-corrected chi connectivity index (χ2v) is 5.78. The van der Waals surface area contributed by atoms with Gasteiger partial charge in [0, 0.05) is 32.7 Å². The Hall–Kier alpha value is -3.22. The van der Waals surface area contributed by atoms with Gasteiger partial charge in [-0.05, 0) is 36.4 Å². The fourth-order valence-electron chi connectivity index (χ4n) is 2.33. The number of amides is 3. The average molecular weight is 356 g/mol. The lowest BCUT2D eigenvalue weighted by Crippen LogP contribution is -2.37. The second-order valence-electron chi connectivity index (χ2n) is 5.78. The van der Waals surface area contributed by atoms with Crippen LogP contribution in [-0.2, 0) is 0 Å². The number of benzene rings is 2. The SMILES string of the molecule is COc1ccc(C(=O)NCCNC(=O)Nc2ccccc2N(C)C)cc1. The summed E-state index contributed by atoms with van der Waals surface area (Å²) >= 11 is 0. The molecule has 3 amide bonds. The summed E-state index contributed by atoms with van der Waals surface area (Å²) in [4.78, 5) is 25.9. The molecule has 0 atom stereocenters. The molecule has 0 saturated heterocycles. The van der Waals surface area contributed by atoms with Crippen molar-refractivity contribution in [2.75, 3.05) is 44.5 Å². The first-order valence-electron chi connectivity index (χ1n) is 8.24. The average Bonchev–Trinajstić information content (AvgIpc) is 2.65. The van der Waals surface area contributed by atoms with Crippen LogP contribution in [0.5, 0.6) is 5.75 Å². The molecule has 2 rings (SSSR count). The van der Waals surface area contributed by atoms with Crippen molar-refractivity contribution in [2.24, 2.45) is 0 Å². The van der Waals surface area contributed by atoms with E-state index in [4.69, 9.17) is 4.74 Å². The molecule has 3 N–H and O–H groups in total. The predicted molar refractivity (Wildman–Crippen MR) is 103 cm³/mol. The molecule has 0 aromatic heterocycles. The number of nitrogens with one attached hydrogen (secondary N) is 3. The summed E-state index contributed by atoms with van der Waals surface area (Å²) in [6, 6.07) is 14.0.